The van der Waals surface area contributed by atoms with Gasteiger partial charge in [-0.1, -0.05) is 0 Å². The number of rotatable bonds is 4. The van der Waals surface area contributed by atoms with Crippen LogP contribution in [0.2, 0.25) is 0 Å². The van der Waals surface area contributed by atoms with E-state index in [-0.39, 0.29) is 12.1 Å². The van der Waals surface area contributed by atoms with Crippen molar-refractivity contribution in [3.8, 4) is 0 Å². The van der Waals surface area contributed by atoms with Crippen molar-refractivity contribution in [1.29, 1.82) is 0 Å². The molecule has 0 aromatic carbocycles. The van der Waals surface area contributed by atoms with E-state index in [0.29, 0.717) is 0 Å². The predicted octanol–water partition coefficient (Wildman–Crippen LogP) is 0.206. The van der Waals surface area contributed by atoms with Gasteiger partial charge in [0.1, 0.15) is 0 Å². The third-order valence-electron chi connectivity index (χ3n) is 3.86. The number of methoxy groups -OCH3 is 2. The van der Waals surface area contributed by atoms with E-state index in [4.69, 9.17) is 9.47 Å². The van der Waals surface area contributed by atoms with E-state index in [1.54, 1.807) is 14.2 Å². The van der Waals surface area contributed by atoms with E-state index < -0.39 is 5.79 Å². The summed E-state index contributed by atoms with van der Waals surface area (Å²) in [7, 11) is 3.35. The Morgan fingerprint density at radius 3 is 2.07 bits per heavy atom. The molecule has 2 fully saturated rings. The Balaban J connectivity index is 1.92. The first-order chi connectivity index (χ1) is 6.70. The zero-order valence-corrected chi connectivity index (χ0v) is 8.95. The summed E-state index contributed by atoms with van der Waals surface area (Å²) in [5.41, 5.74) is 0.0422. The summed E-state index contributed by atoms with van der Waals surface area (Å²) in [6, 6.07) is 0. The lowest BCUT2D eigenvalue weighted by molar-refractivity contribution is -0.301. The minimum Gasteiger partial charge on any atom is -0.394 e. The molecule has 2 aliphatic rings. The Bertz CT molecular complexity index is 198. The Morgan fingerprint density at radius 1 is 1.21 bits per heavy atom. The molecule has 1 N–H and O–H groups in total. The topological polar surface area (TPSA) is 41.9 Å². The zero-order valence-electron chi connectivity index (χ0n) is 8.95. The number of likely N-dealkylation sites (tertiary alicyclic amines) is 1. The van der Waals surface area contributed by atoms with Gasteiger partial charge in [-0.2, -0.15) is 0 Å². The highest BCUT2D eigenvalue weighted by molar-refractivity contribution is 5.05. The molecule has 1 saturated heterocycles. The van der Waals surface area contributed by atoms with Crippen LogP contribution < -0.4 is 0 Å². The lowest BCUT2D eigenvalue weighted by Crippen LogP contribution is -2.73. The second-order valence-electron chi connectivity index (χ2n) is 4.41. The van der Waals surface area contributed by atoms with E-state index in [0.717, 1.165) is 25.9 Å². The second-order valence-corrected chi connectivity index (χ2v) is 4.41. The van der Waals surface area contributed by atoms with Crippen molar-refractivity contribution in [3.63, 3.8) is 0 Å². The molecule has 2 rings (SSSR count). The van der Waals surface area contributed by atoms with Crippen molar-refractivity contribution in [2.24, 2.45) is 0 Å². The van der Waals surface area contributed by atoms with E-state index in [9.17, 15) is 5.11 Å². The quantitative estimate of drug-likeness (QED) is 0.660. The molecular weight excluding hydrogens is 182 g/mol. The van der Waals surface area contributed by atoms with Gasteiger partial charge in [0.25, 0.3) is 0 Å². The molecule has 0 bridgehead atoms. The molecule has 1 aliphatic carbocycles. The SMILES string of the molecule is COC1(OC)CN(C2(CO)CCC2)C1. The highest BCUT2D eigenvalue weighted by Gasteiger charge is 2.54. The molecule has 0 radical (unpaired) electrons. The molecule has 4 nitrogen and oxygen atoms in total. The van der Waals surface area contributed by atoms with Crippen LogP contribution >= 0.6 is 0 Å². The molecular formula is C10H19NO3. The van der Waals surface area contributed by atoms with Crippen LogP contribution in [0.1, 0.15) is 19.3 Å². The summed E-state index contributed by atoms with van der Waals surface area (Å²) < 4.78 is 10.6. The molecule has 4 heteroatoms. The molecule has 0 amide bonds. The highest BCUT2D eigenvalue weighted by Crippen LogP contribution is 2.43. The normalized spacial score (nSPS) is 29.4. The van der Waals surface area contributed by atoms with Crippen molar-refractivity contribution >= 4 is 0 Å². The zero-order chi connectivity index (χ0) is 10.2. The minimum atomic E-state index is -0.419. The fraction of sp³-hybridized carbons (Fsp3) is 1.00. The third kappa shape index (κ3) is 1.29. The predicted molar refractivity (Wildman–Crippen MR) is 52.0 cm³/mol. The summed E-state index contributed by atoms with van der Waals surface area (Å²) >= 11 is 0. The van der Waals surface area contributed by atoms with Gasteiger partial charge in [0.2, 0.25) is 0 Å². The highest BCUT2D eigenvalue weighted by atomic mass is 16.7. The monoisotopic (exact) mass is 201 g/mol. The van der Waals surface area contributed by atoms with Crippen LogP contribution in [-0.2, 0) is 9.47 Å². The molecule has 0 aromatic rings. The number of aliphatic hydroxyl groups excluding tert-OH is 1. The number of hydrogen-bond donors (Lipinski definition) is 1. The first kappa shape index (κ1) is 10.4. The summed E-state index contributed by atoms with van der Waals surface area (Å²) in [5, 5.41) is 9.36. The van der Waals surface area contributed by atoms with E-state index in [1.807, 2.05) is 0 Å². The average molecular weight is 201 g/mol. The molecule has 1 saturated carbocycles. The van der Waals surface area contributed by atoms with Crippen LogP contribution in [0.25, 0.3) is 0 Å². The van der Waals surface area contributed by atoms with Crippen LogP contribution in [-0.4, -0.2) is 55.2 Å². The van der Waals surface area contributed by atoms with Gasteiger partial charge in [0.15, 0.2) is 5.79 Å². The summed E-state index contributed by atoms with van der Waals surface area (Å²) in [6.45, 7) is 1.82. The molecule has 0 spiro atoms. The Hall–Kier alpha value is -0.160. The first-order valence-electron chi connectivity index (χ1n) is 5.16. The summed E-state index contributed by atoms with van der Waals surface area (Å²) in [6.07, 6.45) is 3.43. The molecule has 82 valence electrons. The Kier molecular flexibility index (Phi) is 2.55. The maximum atomic E-state index is 9.36. The summed E-state index contributed by atoms with van der Waals surface area (Å²) in [4.78, 5) is 2.28. The molecule has 0 unspecified atom stereocenters. The molecule has 1 aliphatic heterocycles. The van der Waals surface area contributed by atoms with Gasteiger partial charge in [-0.15, -0.1) is 0 Å². The van der Waals surface area contributed by atoms with Gasteiger partial charge in [-0.05, 0) is 19.3 Å². The van der Waals surface area contributed by atoms with Crippen molar-refractivity contribution in [2.45, 2.75) is 30.6 Å². The second kappa shape index (κ2) is 3.45. The minimum absolute atomic E-state index is 0.0422. The van der Waals surface area contributed by atoms with Crippen LogP contribution in [0.3, 0.4) is 0 Å². The van der Waals surface area contributed by atoms with Crippen LogP contribution in [0.15, 0.2) is 0 Å². The van der Waals surface area contributed by atoms with Crippen LogP contribution in [0.5, 0.6) is 0 Å². The summed E-state index contributed by atoms with van der Waals surface area (Å²) in [5.74, 6) is -0.419. The lowest BCUT2D eigenvalue weighted by atomic mass is 9.74. The van der Waals surface area contributed by atoms with E-state index >= 15 is 0 Å². The number of ether oxygens (including phenoxy) is 2. The van der Waals surface area contributed by atoms with Gasteiger partial charge < -0.3 is 14.6 Å². The van der Waals surface area contributed by atoms with Crippen molar-refractivity contribution in [1.82, 2.24) is 4.90 Å². The molecule has 1 heterocycles. The smallest absolute Gasteiger partial charge is 0.193 e. The molecule has 14 heavy (non-hydrogen) atoms. The van der Waals surface area contributed by atoms with Crippen LogP contribution in [0.4, 0.5) is 0 Å². The van der Waals surface area contributed by atoms with Gasteiger partial charge in [0.05, 0.1) is 19.7 Å². The van der Waals surface area contributed by atoms with Crippen LogP contribution in [0, 0.1) is 0 Å². The van der Waals surface area contributed by atoms with Gasteiger partial charge in [-0.3, -0.25) is 4.90 Å². The average Bonchev–Trinajstić information content (AvgIpc) is 2.08. The third-order valence-corrected chi connectivity index (χ3v) is 3.86. The van der Waals surface area contributed by atoms with Gasteiger partial charge in [-0.25, -0.2) is 0 Å². The maximum absolute atomic E-state index is 9.36. The number of nitrogens with zero attached hydrogens (tertiary/aromatic N) is 1. The van der Waals surface area contributed by atoms with Crippen molar-refractivity contribution in [3.05, 3.63) is 0 Å². The van der Waals surface area contributed by atoms with E-state index in [2.05, 4.69) is 4.90 Å². The largest absolute Gasteiger partial charge is 0.394 e. The van der Waals surface area contributed by atoms with E-state index in [1.165, 1.54) is 6.42 Å². The number of hydrogen-bond acceptors (Lipinski definition) is 4. The van der Waals surface area contributed by atoms with Gasteiger partial charge in [0, 0.05) is 19.8 Å². The number of aliphatic hydroxyl groups is 1. The Morgan fingerprint density at radius 2 is 1.79 bits per heavy atom. The maximum Gasteiger partial charge on any atom is 0.193 e. The van der Waals surface area contributed by atoms with Gasteiger partial charge >= 0.3 is 0 Å². The first-order valence-corrected chi connectivity index (χ1v) is 5.16. The molecule has 0 aromatic heterocycles. The van der Waals surface area contributed by atoms with Crippen molar-refractivity contribution < 1.29 is 14.6 Å². The standard InChI is InChI=1S/C10H19NO3/c1-13-10(14-2)6-11(7-10)9(8-12)4-3-5-9/h12H,3-8H2,1-2H3. The Labute approximate surface area is 84.8 Å². The van der Waals surface area contributed by atoms with Crippen molar-refractivity contribution in [2.75, 3.05) is 33.9 Å². The fourth-order valence-electron chi connectivity index (χ4n) is 2.37. The fourth-order valence-corrected chi connectivity index (χ4v) is 2.37. The lowest BCUT2D eigenvalue weighted by Gasteiger charge is -2.59. The molecule has 0 atom stereocenters.